The minimum atomic E-state index is 0.750. The second kappa shape index (κ2) is 8.33. The summed E-state index contributed by atoms with van der Waals surface area (Å²) in [6, 6.07) is 18.7. The molecule has 0 atom stereocenters. The van der Waals surface area contributed by atoms with Gasteiger partial charge in [0, 0.05) is 12.1 Å². The van der Waals surface area contributed by atoms with Gasteiger partial charge in [0.1, 0.15) is 0 Å². The fraction of sp³-hybridized carbons (Fsp3) is 0.286. The lowest BCUT2D eigenvalue weighted by Crippen LogP contribution is -2.02. The lowest BCUT2D eigenvalue weighted by molar-refractivity contribution is 0.737. The van der Waals surface area contributed by atoms with Gasteiger partial charge in [-0.3, -0.25) is 0 Å². The molecule has 0 unspecified atom stereocenters. The molecule has 0 aromatic heterocycles. The van der Waals surface area contributed by atoms with Crippen molar-refractivity contribution in [1.29, 1.82) is 5.41 Å². The average molecular weight is 291 g/mol. The van der Waals surface area contributed by atoms with Crippen LogP contribution in [0.1, 0.15) is 49.3 Å². The van der Waals surface area contributed by atoms with Crippen molar-refractivity contribution < 1.29 is 0 Å². The van der Waals surface area contributed by atoms with E-state index < -0.39 is 0 Å². The summed E-state index contributed by atoms with van der Waals surface area (Å²) >= 11 is 0. The molecule has 0 fully saturated rings. The second-order valence-corrected chi connectivity index (χ2v) is 5.78. The molecule has 114 valence electrons. The normalized spacial score (nSPS) is 10.4. The lowest BCUT2D eigenvalue weighted by Gasteiger charge is -2.09. The van der Waals surface area contributed by atoms with Crippen LogP contribution in [0.15, 0.2) is 61.2 Å². The minimum Gasteiger partial charge on any atom is -0.309 e. The van der Waals surface area contributed by atoms with Crippen molar-refractivity contribution in [3.05, 3.63) is 77.9 Å². The Hall–Kier alpha value is -2.15. The molecule has 0 aliphatic rings. The van der Waals surface area contributed by atoms with Crippen molar-refractivity contribution in [2.75, 3.05) is 0 Å². The zero-order chi connectivity index (χ0) is 15.8. The molecular weight excluding hydrogens is 266 g/mol. The highest BCUT2D eigenvalue weighted by Gasteiger charge is 2.05. The molecule has 0 saturated heterocycles. The molecule has 2 rings (SSSR count). The minimum absolute atomic E-state index is 0.750. The largest absolute Gasteiger partial charge is 0.309 e. The van der Waals surface area contributed by atoms with Gasteiger partial charge in [-0.1, -0.05) is 80.9 Å². The van der Waals surface area contributed by atoms with E-state index in [1.165, 1.54) is 18.4 Å². The number of rotatable bonds is 8. The summed E-state index contributed by atoms with van der Waals surface area (Å²) in [6.45, 7) is 6.42. The van der Waals surface area contributed by atoms with Crippen LogP contribution in [0.4, 0.5) is 0 Å². The van der Waals surface area contributed by atoms with Crippen LogP contribution in [0.5, 0.6) is 0 Å². The highest BCUT2D eigenvalue weighted by Crippen LogP contribution is 2.22. The van der Waals surface area contributed by atoms with Crippen molar-refractivity contribution >= 4 is 11.3 Å². The molecular formula is C21H25N. The fourth-order valence-corrected chi connectivity index (χ4v) is 2.60. The van der Waals surface area contributed by atoms with Gasteiger partial charge in [0.2, 0.25) is 0 Å². The molecule has 0 heterocycles. The highest BCUT2D eigenvalue weighted by molar-refractivity contribution is 5.84. The molecule has 0 saturated carbocycles. The second-order valence-electron chi connectivity index (χ2n) is 5.78. The maximum absolute atomic E-state index is 8.12. The molecule has 1 N–H and O–H groups in total. The third-order valence-corrected chi connectivity index (χ3v) is 3.90. The van der Waals surface area contributed by atoms with E-state index in [1.54, 1.807) is 0 Å². The van der Waals surface area contributed by atoms with Crippen molar-refractivity contribution in [3.63, 3.8) is 0 Å². The molecule has 0 bridgehead atoms. The summed E-state index contributed by atoms with van der Waals surface area (Å²) < 4.78 is 0. The summed E-state index contributed by atoms with van der Waals surface area (Å²) in [5, 5.41) is 8.12. The van der Waals surface area contributed by atoms with Crippen molar-refractivity contribution in [2.45, 2.75) is 39.0 Å². The van der Waals surface area contributed by atoms with Crippen LogP contribution < -0.4 is 0 Å². The average Bonchev–Trinajstić information content (AvgIpc) is 2.55. The Balaban J connectivity index is 2.04. The Kier molecular flexibility index (Phi) is 6.14. The first kappa shape index (κ1) is 16.2. The van der Waals surface area contributed by atoms with Gasteiger partial charge in [-0.05, 0) is 35.1 Å². The molecule has 0 aliphatic heterocycles. The Morgan fingerprint density at radius 2 is 1.68 bits per heavy atom. The Morgan fingerprint density at radius 1 is 0.955 bits per heavy atom. The first-order chi connectivity index (χ1) is 10.7. The fourth-order valence-electron chi connectivity index (χ4n) is 2.60. The molecule has 1 nitrogen and oxygen atoms in total. The summed E-state index contributed by atoms with van der Waals surface area (Å²) in [5.41, 5.74) is 5.37. The van der Waals surface area contributed by atoms with E-state index in [-0.39, 0.29) is 0 Å². The van der Waals surface area contributed by atoms with Crippen LogP contribution in [-0.2, 0) is 6.42 Å². The van der Waals surface area contributed by atoms with E-state index in [4.69, 9.17) is 5.41 Å². The van der Waals surface area contributed by atoms with Gasteiger partial charge < -0.3 is 5.41 Å². The molecule has 1 heteroatoms. The Labute approximate surface area is 134 Å². The van der Waals surface area contributed by atoms with Gasteiger partial charge in [-0.15, -0.1) is 0 Å². The molecule has 0 aliphatic carbocycles. The highest BCUT2D eigenvalue weighted by atomic mass is 14.4. The predicted molar refractivity (Wildman–Crippen MR) is 96.6 cm³/mol. The van der Waals surface area contributed by atoms with Gasteiger partial charge in [-0.25, -0.2) is 0 Å². The maximum Gasteiger partial charge on any atom is 0.0133 e. The summed E-state index contributed by atoms with van der Waals surface area (Å²) in [6.07, 6.45) is 5.22. The third kappa shape index (κ3) is 4.70. The summed E-state index contributed by atoms with van der Waals surface area (Å²) in [7, 11) is 0. The van der Waals surface area contributed by atoms with Crippen LogP contribution in [-0.4, -0.2) is 5.71 Å². The van der Waals surface area contributed by atoms with E-state index >= 15 is 0 Å². The number of hydrogen-bond donors (Lipinski definition) is 1. The first-order valence-electron chi connectivity index (χ1n) is 8.10. The van der Waals surface area contributed by atoms with Crippen LogP contribution >= 0.6 is 0 Å². The monoisotopic (exact) mass is 291 g/mol. The van der Waals surface area contributed by atoms with Gasteiger partial charge in [0.15, 0.2) is 0 Å². The lowest BCUT2D eigenvalue weighted by atomic mass is 9.96. The molecule has 2 aromatic carbocycles. The topological polar surface area (TPSA) is 23.9 Å². The molecule has 0 radical (unpaired) electrons. The molecule has 22 heavy (non-hydrogen) atoms. The first-order valence-corrected chi connectivity index (χ1v) is 8.10. The van der Waals surface area contributed by atoms with E-state index in [0.717, 1.165) is 41.7 Å². The molecule has 0 spiro atoms. The number of hydrogen-bond acceptors (Lipinski definition) is 1. The van der Waals surface area contributed by atoms with E-state index in [9.17, 15) is 0 Å². The van der Waals surface area contributed by atoms with Gasteiger partial charge in [-0.2, -0.15) is 0 Å². The van der Waals surface area contributed by atoms with E-state index in [1.807, 2.05) is 18.2 Å². The van der Waals surface area contributed by atoms with Crippen LogP contribution in [0, 0.1) is 5.41 Å². The zero-order valence-electron chi connectivity index (χ0n) is 13.4. The Morgan fingerprint density at radius 3 is 2.41 bits per heavy atom. The standard InChI is InChI=1S/C21H25N/c1-3-4-6-14-21(22)16-18-10-9-13-20(15-18)17(2)19-11-7-5-8-12-19/h5,7-13,15,22H,2-4,6,14,16H2,1H3. The van der Waals surface area contributed by atoms with Gasteiger partial charge in [0.25, 0.3) is 0 Å². The summed E-state index contributed by atoms with van der Waals surface area (Å²) in [5.74, 6) is 0. The smallest absolute Gasteiger partial charge is 0.0133 e. The number of unbranched alkanes of at least 4 members (excludes halogenated alkanes) is 2. The van der Waals surface area contributed by atoms with E-state index in [2.05, 4.69) is 49.9 Å². The van der Waals surface area contributed by atoms with Crippen molar-refractivity contribution in [1.82, 2.24) is 0 Å². The zero-order valence-corrected chi connectivity index (χ0v) is 13.4. The Bertz CT molecular complexity index is 625. The van der Waals surface area contributed by atoms with Crippen molar-refractivity contribution in [2.24, 2.45) is 0 Å². The quantitative estimate of drug-likeness (QED) is 0.463. The maximum atomic E-state index is 8.12. The van der Waals surface area contributed by atoms with Crippen LogP contribution in [0.2, 0.25) is 0 Å². The van der Waals surface area contributed by atoms with Crippen LogP contribution in [0.25, 0.3) is 5.57 Å². The summed E-state index contributed by atoms with van der Waals surface area (Å²) in [4.78, 5) is 0. The molecule has 0 amide bonds. The van der Waals surface area contributed by atoms with Gasteiger partial charge in [0.05, 0.1) is 0 Å². The number of nitrogens with one attached hydrogen (secondary N) is 1. The van der Waals surface area contributed by atoms with E-state index in [0.29, 0.717) is 0 Å². The number of benzene rings is 2. The third-order valence-electron chi connectivity index (χ3n) is 3.90. The van der Waals surface area contributed by atoms with Gasteiger partial charge >= 0.3 is 0 Å². The SMILES string of the molecule is C=C(c1ccccc1)c1cccc(CC(=N)CCCCC)c1. The molecule has 2 aromatic rings. The predicted octanol–water partition coefficient (Wildman–Crippen LogP) is 5.89. The van der Waals surface area contributed by atoms with Crippen LogP contribution in [0.3, 0.4) is 0 Å². The van der Waals surface area contributed by atoms with Crippen molar-refractivity contribution in [3.8, 4) is 0 Å².